The van der Waals surface area contributed by atoms with E-state index in [2.05, 4.69) is 28.5 Å². The number of imidazole rings is 1. The summed E-state index contributed by atoms with van der Waals surface area (Å²) >= 11 is 0. The summed E-state index contributed by atoms with van der Waals surface area (Å²) in [4.78, 5) is 6.58. The molecule has 2 heterocycles. The van der Waals surface area contributed by atoms with E-state index in [4.69, 9.17) is 5.73 Å². The monoisotopic (exact) mass is 194 g/mol. The van der Waals surface area contributed by atoms with Gasteiger partial charge in [0.25, 0.3) is 0 Å². The number of aryl methyl sites for hydroxylation is 1. The van der Waals surface area contributed by atoms with Crippen LogP contribution >= 0.6 is 0 Å². The van der Waals surface area contributed by atoms with E-state index in [9.17, 15) is 0 Å². The van der Waals surface area contributed by atoms with E-state index in [1.165, 1.54) is 11.4 Å². The molecule has 14 heavy (non-hydrogen) atoms. The summed E-state index contributed by atoms with van der Waals surface area (Å²) in [5.74, 6) is 0. The zero-order chi connectivity index (χ0) is 10.1. The molecule has 1 atom stereocenters. The third-order valence-electron chi connectivity index (χ3n) is 2.70. The van der Waals surface area contributed by atoms with Gasteiger partial charge in [0, 0.05) is 31.2 Å². The minimum absolute atomic E-state index is 0.320. The molecule has 0 amide bonds. The van der Waals surface area contributed by atoms with Crippen molar-refractivity contribution in [1.29, 1.82) is 0 Å². The van der Waals surface area contributed by atoms with E-state index in [1.807, 2.05) is 6.33 Å². The third kappa shape index (κ3) is 1.81. The molecular weight excluding hydrogens is 176 g/mol. The second-order valence-electron chi connectivity index (χ2n) is 4.32. The van der Waals surface area contributed by atoms with Gasteiger partial charge >= 0.3 is 0 Å². The number of nitrogens with zero attached hydrogens (tertiary/aromatic N) is 3. The highest BCUT2D eigenvalue weighted by Gasteiger charge is 2.19. The zero-order valence-corrected chi connectivity index (χ0v) is 8.90. The summed E-state index contributed by atoms with van der Waals surface area (Å²) in [6, 6.07) is 0.320. The first-order chi connectivity index (χ1) is 6.66. The third-order valence-corrected chi connectivity index (χ3v) is 2.70. The molecule has 4 heteroatoms. The van der Waals surface area contributed by atoms with Crippen LogP contribution in [0.25, 0.3) is 0 Å². The van der Waals surface area contributed by atoms with Gasteiger partial charge in [0.1, 0.15) is 0 Å². The number of fused-ring (bicyclic) bond motifs is 1. The second-order valence-corrected chi connectivity index (χ2v) is 4.32. The van der Waals surface area contributed by atoms with Crippen LogP contribution in [-0.4, -0.2) is 34.6 Å². The molecule has 78 valence electrons. The van der Waals surface area contributed by atoms with Gasteiger partial charge in [0.2, 0.25) is 0 Å². The minimum atomic E-state index is 0.320. The maximum absolute atomic E-state index is 5.95. The Morgan fingerprint density at radius 2 is 2.43 bits per heavy atom. The van der Waals surface area contributed by atoms with Crippen molar-refractivity contribution in [3.8, 4) is 0 Å². The van der Waals surface area contributed by atoms with Gasteiger partial charge in [-0.3, -0.25) is 0 Å². The van der Waals surface area contributed by atoms with Gasteiger partial charge in [-0.05, 0) is 20.5 Å². The van der Waals surface area contributed by atoms with Crippen molar-refractivity contribution in [1.82, 2.24) is 14.5 Å². The van der Waals surface area contributed by atoms with Crippen molar-refractivity contribution < 1.29 is 0 Å². The first-order valence-corrected chi connectivity index (χ1v) is 5.10. The number of nitrogens with two attached hydrogens (primary N) is 1. The molecule has 0 saturated carbocycles. The van der Waals surface area contributed by atoms with Gasteiger partial charge in [-0.25, -0.2) is 4.98 Å². The van der Waals surface area contributed by atoms with Gasteiger partial charge in [-0.1, -0.05) is 0 Å². The number of rotatable bonds is 2. The average molecular weight is 194 g/mol. The van der Waals surface area contributed by atoms with Gasteiger partial charge in [0.15, 0.2) is 0 Å². The molecule has 2 N–H and O–H groups in total. The smallest absolute Gasteiger partial charge is 0.0952 e. The van der Waals surface area contributed by atoms with E-state index < -0.39 is 0 Å². The van der Waals surface area contributed by atoms with Crippen molar-refractivity contribution in [2.45, 2.75) is 32.0 Å². The van der Waals surface area contributed by atoms with Crippen LogP contribution in [0.15, 0.2) is 6.33 Å². The maximum atomic E-state index is 5.95. The summed E-state index contributed by atoms with van der Waals surface area (Å²) < 4.78 is 2.24. The summed E-state index contributed by atoms with van der Waals surface area (Å²) in [5, 5.41) is 0. The molecule has 0 bridgehead atoms. The van der Waals surface area contributed by atoms with E-state index in [0.29, 0.717) is 6.04 Å². The van der Waals surface area contributed by atoms with Crippen molar-refractivity contribution in [2.24, 2.45) is 5.73 Å². The highest BCUT2D eigenvalue weighted by molar-refractivity contribution is 5.16. The average Bonchev–Trinajstić information content (AvgIpc) is 2.47. The van der Waals surface area contributed by atoms with Crippen LogP contribution in [0.4, 0.5) is 0 Å². The fourth-order valence-electron chi connectivity index (χ4n) is 1.96. The van der Waals surface area contributed by atoms with Gasteiger partial charge in [-0.15, -0.1) is 0 Å². The van der Waals surface area contributed by atoms with Gasteiger partial charge in [0.05, 0.1) is 12.0 Å². The van der Waals surface area contributed by atoms with E-state index >= 15 is 0 Å². The Morgan fingerprint density at radius 3 is 3.14 bits per heavy atom. The van der Waals surface area contributed by atoms with Crippen molar-refractivity contribution in [2.75, 3.05) is 14.1 Å². The highest BCUT2D eigenvalue weighted by atomic mass is 15.1. The van der Waals surface area contributed by atoms with Crippen LogP contribution in [0.5, 0.6) is 0 Å². The van der Waals surface area contributed by atoms with E-state index in [0.717, 1.165) is 25.9 Å². The largest absolute Gasteiger partial charge is 0.334 e. The molecule has 1 aliphatic rings. The van der Waals surface area contributed by atoms with Crippen LogP contribution in [-0.2, 0) is 19.5 Å². The van der Waals surface area contributed by atoms with Gasteiger partial charge in [-0.2, -0.15) is 0 Å². The summed E-state index contributed by atoms with van der Waals surface area (Å²) in [6.07, 6.45) is 3.99. The quantitative estimate of drug-likeness (QED) is 0.732. The molecule has 1 aliphatic heterocycles. The summed E-state index contributed by atoms with van der Waals surface area (Å²) in [5.41, 5.74) is 8.47. The fourth-order valence-corrected chi connectivity index (χ4v) is 1.96. The number of hydrogen-bond acceptors (Lipinski definition) is 3. The molecular formula is C10H18N4. The Bertz CT molecular complexity index is 316. The Morgan fingerprint density at radius 1 is 1.64 bits per heavy atom. The molecule has 0 spiro atoms. The second kappa shape index (κ2) is 3.71. The Hall–Kier alpha value is -0.870. The van der Waals surface area contributed by atoms with Gasteiger partial charge < -0.3 is 15.2 Å². The van der Waals surface area contributed by atoms with Crippen molar-refractivity contribution in [3.63, 3.8) is 0 Å². The Balaban J connectivity index is 2.22. The molecule has 1 unspecified atom stereocenters. The zero-order valence-electron chi connectivity index (χ0n) is 8.90. The summed E-state index contributed by atoms with van der Waals surface area (Å²) in [7, 11) is 4.13. The lowest BCUT2D eigenvalue weighted by molar-refractivity contribution is 0.390. The summed E-state index contributed by atoms with van der Waals surface area (Å²) in [6.45, 7) is 1.94. The molecule has 2 rings (SSSR count). The Labute approximate surface area is 84.7 Å². The predicted molar refractivity (Wildman–Crippen MR) is 55.9 cm³/mol. The molecule has 1 aromatic heterocycles. The molecule has 0 aliphatic carbocycles. The first kappa shape index (κ1) is 9.68. The molecule has 0 fully saturated rings. The SMILES string of the molecule is CN(C)Cc1ncn2c1CC(N)CC2. The van der Waals surface area contributed by atoms with Crippen LogP contribution in [0.1, 0.15) is 17.8 Å². The van der Waals surface area contributed by atoms with E-state index in [-0.39, 0.29) is 0 Å². The maximum Gasteiger partial charge on any atom is 0.0952 e. The lowest BCUT2D eigenvalue weighted by Gasteiger charge is -2.21. The standard InChI is InChI=1S/C10H18N4/c1-13(2)6-9-10-5-8(11)3-4-14(10)7-12-9/h7-8H,3-6,11H2,1-2H3. The number of hydrogen-bond donors (Lipinski definition) is 1. The van der Waals surface area contributed by atoms with E-state index in [1.54, 1.807) is 0 Å². The molecule has 0 saturated heterocycles. The molecule has 0 radical (unpaired) electrons. The normalized spacial score (nSPS) is 21.3. The fraction of sp³-hybridized carbons (Fsp3) is 0.700. The first-order valence-electron chi connectivity index (χ1n) is 5.10. The number of aromatic nitrogens is 2. The lowest BCUT2D eigenvalue weighted by atomic mass is 10.0. The minimum Gasteiger partial charge on any atom is -0.334 e. The molecule has 4 nitrogen and oxygen atoms in total. The van der Waals surface area contributed by atoms with Crippen LogP contribution in [0.2, 0.25) is 0 Å². The highest BCUT2D eigenvalue weighted by Crippen LogP contribution is 2.17. The van der Waals surface area contributed by atoms with Crippen LogP contribution < -0.4 is 5.73 Å². The van der Waals surface area contributed by atoms with Crippen molar-refractivity contribution >= 4 is 0 Å². The molecule has 0 aromatic carbocycles. The van der Waals surface area contributed by atoms with Crippen LogP contribution in [0, 0.1) is 0 Å². The Kier molecular flexibility index (Phi) is 2.56. The topological polar surface area (TPSA) is 47.1 Å². The lowest BCUT2D eigenvalue weighted by Crippen LogP contribution is -2.31. The van der Waals surface area contributed by atoms with Crippen molar-refractivity contribution in [3.05, 3.63) is 17.7 Å². The van der Waals surface area contributed by atoms with Crippen LogP contribution in [0.3, 0.4) is 0 Å². The molecule has 1 aromatic rings. The predicted octanol–water partition coefficient (Wildman–Crippen LogP) is 0.218.